The smallest absolute Gasteiger partial charge is 0.306 e. The number of carbonyl (C=O) groups is 3. The quantitative estimate of drug-likeness (QED) is 0.0261. The lowest BCUT2D eigenvalue weighted by molar-refractivity contribution is -0.167. The van der Waals surface area contributed by atoms with Gasteiger partial charge in [0.15, 0.2) is 6.10 Å². The van der Waals surface area contributed by atoms with E-state index in [-0.39, 0.29) is 31.1 Å². The Morgan fingerprint density at radius 2 is 0.500 bits per heavy atom. The maximum absolute atomic E-state index is 12.9. The molecule has 0 N–H and O–H groups in total. The van der Waals surface area contributed by atoms with Gasteiger partial charge in [0.2, 0.25) is 0 Å². The Morgan fingerprint density at radius 1 is 0.269 bits per heavy atom. The first-order chi connectivity index (χ1) is 38.5. The van der Waals surface area contributed by atoms with Crippen molar-refractivity contribution < 1.29 is 28.6 Å². The van der Waals surface area contributed by atoms with Gasteiger partial charge in [0.25, 0.3) is 0 Å². The zero-order chi connectivity index (χ0) is 56.4. The molecule has 0 saturated heterocycles. The molecule has 0 fully saturated rings. The minimum atomic E-state index is -0.782. The number of unbranched alkanes of at least 4 members (excludes halogenated alkanes) is 33. The van der Waals surface area contributed by atoms with Crippen molar-refractivity contribution in [3.63, 3.8) is 0 Å². The monoisotopic (exact) mass is 1080 g/mol. The Bertz CT molecular complexity index is 1530. The van der Waals surface area contributed by atoms with Crippen LogP contribution in [0, 0.1) is 0 Å². The van der Waals surface area contributed by atoms with E-state index in [4.69, 9.17) is 14.2 Å². The van der Waals surface area contributed by atoms with E-state index in [1.807, 2.05) is 0 Å². The van der Waals surface area contributed by atoms with Crippen LogP contribution in [0.1, 0.15) is 323 Å². The Hall–Kier alpha value is -3.67. The molecule has 0 aromatic heterocycles. The lowest BCUT2D eigenvalue weighted by atomic mass is 10.1. The number of hydrogen-bond donors (Lipinski definition) is 0. The molecule has 0 heterocycles. The highest BCUT2D eigenvalue weighted by Crippen LogP contribution is 2.16. The van der Waals surface area contributed by atoms with Crippen LogP contribution in [-0.2, 0) is 28.6 Å². The van der Waals surface area contributed by atoms with Gasteiger partial charge in [0.1, 0.15) is 13.2 Å². The largest absolute Gasteiger partial charge is 0.462 e. The Labute approximate surface area is 483 Å². The topological polar surface area (TPSA) is 78.9 Å². The van der Waals surface area contributed by atoms with Gasteiger partial charge in [0, 0.05) is 19.3 Å². The van der Waals surface area contributed by atoms with Gasteiger partial charge < -0.3 is 14.2 Å². The summed E-state index contributed by atoms with van der Waals surface area (Å²) in [6, 6.07) is 0. The molecule has 0 aliphatic rings. The van der Waals surface area contributed by atoms with Gasteiger partial charge in [-0.3, -0.25) is 14.4 Å². The van der Waals surface area contributed by atoms with Crippen LogP contribution in [0.4, 0.5) is 0 Å². The van der Waals surface area contributed by atoms with Crippen LogP contribution in [0.3, 0.4) is 0 Å². The fourth-order valence-electron chi connectivity index (χ4n) is 9.36. The molecule has 0 spiro atoms. The predicted molar refractivity (Wildman–Crippen MR) is 339 cm³/mol. The molecule has 448 valence electrons. The highest BCUT2D eigenvalue weighted by molar-refractivity contribution is 5.71. The second kappa shape index (κ2) is 65.8. The minimum absolute atomic E-state index is 0.0789. The van der Waals surface area contributed by atoms with E-state index in [0.717, 1.165) is 109 Å². The lowest BCUT2D eigenvalue weighted by Crippen LogP contribution is -2.30. The molecule has 0 aliphatic heterocycles. The zero-order valence-corrected chi connectivity index (χ0v) is 51.4. The maximum Gasteiger partial charge on any atom is 0.306 e. The molecule has 0 aromatic carbocycles. The molecule has 0 aliphatic carbocycles. The highest BCUT2D eigenvalue weighted by Gasteiger charge is 2.19. The summed E-state index contributed by atoms with van der Waals surface area (Å²) < 4.78 is 16.9. The van der Waals surface area contributed by atoms with Crippen LogP contribution in [-0.4, -0.2) is 37.2 Å². The van der Waals surface area contributed by atoms with E-state index in [1.165, 1.54) is 173 Å². The van der Waals surface area contributed by atoms with Crippen molar-refractivity contribution in [3.8, 4) is 0 Å². The molecule has 6 heteroatoms. The van der Waals surface area contributed by atoms with Crippen LogP contribution in [0.25, 0.3) is 0 Å². The lowest BCUT2D eigenvalue weighted by Gasteiger charge is -2.18. The highest BCUT2D eigenvalue weighted by atomic mass is 16.6. The molecule has 78 heavy (non-hydrogen) atoms. The van der Waals surface area contributed by atoms with Gasteiger partial charge >= 0.3 is 17.9 Å². The fraction of sp³-hybridized carbons (Fsp3) is 0.736. The standard InChI is InChI=1S/C72H124O6/c1-4-7-10-13-16-19-22-24-26-28-30-32-33-34-35-36-37-38-39-41-42-44-46-48-50-53-56-59-62-65-71(74)77-68-69(67-76-70(73)64-61-58-55-52-21-18-15-12-9-6-3)78-72(75)66-63-60-57-54-51-49-47-45-43-40-31-29-27-25-23-20-17-14-11-8-5-2/h7,10,16,19,24,26,29-32,34-35,37-38,41-42,69H,4-6,8-9,11-15,17-18,20-23,25,27-28,33,36,39-40,43-68H2,1-3H3/b10-7-,19-16-,26-24-,31-29-,32-30-,35-34-,38-37-,42-41-. The van der Waals surface area contributed by atoms with E-state index < -0.39 is 6.10 Å². The van der Waals surface area contributed by atoms with Crippen molar-refractivity contribution in [2.45, 2.75) is 329 Å². The fourth-order valence-corrected chi connectivity index (χ4v) is 9.36. The van der Waals surface area contributed by atoms with Crippen LogP contribution < -0.4 is 0 Å². The van der Waals surface area contributed by atoms with Crippen molar-refractivity contribution >= 4 is 17.9 Å². The van der Waals surface area contributed by atoms with Gasteiger partial charge in [-0.1, -0.05) is 298 Å². The Balaban J connectivity index is 4.26. The Morgan fingerprint density at radius 3 is 0.795 bits per heavy atom. The molecule has 0 amide bonds. The molecular weight excluding hydrogens is 961 g/mol. The van der Waals surface area contributed by atoms with Crippen LogP contribution >= 0.6 is 0 Å². The van der Waals surface area contributed by atoms with Gasteiger partial charge in [-0.25, -0.2) is 0 Å². The van der Waals surface area contributed by atoms with E-state index in [1.54, 1.807) is 0 Å². The minimum Gasteiger partial charge on any atom is -0.462 e. The SMILES string of the molecule is CC/C=C\C/C=C\C/C=C\C/C=C\C/C=C\C/C=C\C/C=C\CCCCCCCCCC(=O)OCC(COC(=O)CCCCCCCCCCCC)OC(=O)CCCCCCCCCCC/C=C\CCCCCCCCCC. The van der Waals surface area contributed by atoms with Crippen molar-refractivity contribution in [3.05, 3.63) is 97.2 Å². The summed E-state index contributed by atoms with van der Waals surface area (Å²) in [5, 5.41) is 0. The maximum atomic E-state index is 12.9. The molecule has 1 unspecified atom stereocenters. The van der Waals surface area contributed by atoms with Crippen molar-refractivity contribution in [1.82, 2.24) is 0 Å². The number of carbonyl (C=O) groups excluding carboxylic acids is 3. The third kappa shape index (κ3) is 63.2. The van der Waals surface area contributed by atoms with Crippen LogP contribution in [0.15, 0.2) is 97.2 Å². The van der Waals surface area contributed by atoms with Crippen molar-refractivity contribution in [2.24, 2.45) is 0 Å². The van der Waals surface area contributed by atoms with Crippen LogP contribution in [0.5, 0.6) is 0 Å². The molecule has 0 bridgehead atoms. The summed E-state index contributed by atoms with van der Waals surface area (Å²) in [6.45, 7) is 6.53. The second-order valence-electron chi connectivity index (χ2n) is 22.0. The van der Waals surface area contributed by atoms with E-state index in [0.29, 0.717) is 19.3 Å². The van der Waals surface area contributed by atoms with Gasteiger partial charge in [-0.15, -0.1) is 0 Å². The molecule has 0 aromatic rings. The molecular formula is C72H124O6. The summed E-state index contributed by atoms with van der Waals surface area (Å²) in [5.74, 6) is -0.883. The van der Waals surface area contributed by atoms with E-state index in [2.05, 4.69) is 118 Å². The molecule has 6 nitrogen and oxygen atoms in total. The predicted octanol–water partition coefficient (Wildman–Crippen LogP) is 22.8. The number of allylic oxidation sites excluding steroid dienone is 16. The average molecular weight is 1090 g/mol. The number of esters is 3. The van der Waals surface area contributed by atoms with Gasteiger partial charge in [0.05, 0.1) is 0 Å². The Kier molecular flexibility index (Phi) is 62.7. The van der Waals surface area contributed by atoms with Gasteiger partial charge in [-0.2, -0.15) is 0 Å². The third-order valence-electron chi connectivity index (χ3n) is 14.3. The summed E-state index contributed by atoms with van der Waals surface area (Å²) in [6.07, 6.45) is 88.5. The first-order valence-electron chi connectivity index (χ1n) is 33.2. The summed E-state index contributed by atoms with van der Waals surface area (Å²) in [7, 11) is 0. The van der Waals surface area contributed by atoms with Crippen molar-refractivity contribution in [1.29, 1.82) is 0 Å². The second-order valence-corrected chi connectivity index (χ2v) is 22.0. The molecule has 0 saturated carbocycles. The third-order valence-corrected chi connectivity index (χ3v) is 14.3. The first kappa shape index (κ1) is 74.3. The molecule has 0 rings (SSSR count). The molecule has 0 radical (unpaired) electrons. The van der Waals surface area contributed by atoms with E-state index in [9.17, 15) is 14.4 Å². The number of rotatable bonds is 60. The zero-order valence-electron chi connectivity index (χ0n) is 51.4. The summed E-state index contributed by atoms with van der Waals surface area (Å²) in [5.41, 5.74) is 0. The van der Waals surface area contributed by atoms with Crippen LogP contribution in [0.2, 0.25) is 0 Å². The summed E-state index contributed by atoms with van der Waals surface area (Å²) >= 11 is 0. The van der Waals surface area contributed by atoms with E-state index >= 15 is 0 Å². The number of ether oxygens (including phenoxy) is 3. The first-order valence-corrected chi connectivity index (χ1v) is 33.2. The number of hydrogen-bond acceptors (Lipinski definition) is 6. The van der Waals surface area contributed by atoms with Crippen molar-refractivity contribution in [2.75, 3.05) is 13.2 Å². The average Bonchev–Trinajstić information content (AvgIpc) is 3.44. The molecule has 1 atom stereocenters. The van der Waals surface area contributed by atoms with Gasteiger partial charge in [-0.05, 0) is 103 Å². The summed E-state index contributed by atoms with van der Waals surface area (Å²) in [4.78, 5) is 38.3. The normalized spacial score (nSPS) is 12.7.